The van der Waals surface area contributed by atoms with E-state index in [9.17, 15) is 9.90 Å². The van der Waals surface area contributed by atoms with Crippen molar-refractivity contribution in [3.05, 3.63) is 35.9 Å². The average molecular weight is 299 g/mol. The maximum absolute atomic E-state index is 11.9. The van der Waals surface area contributed by atoms with Crippen LogP contribution < -0.4 is 0 Å². The molecule has 0 amide bonds. The number of carboxylic acid groups (broad SMARTS) is 1. The van der Waals surface area contributed by atoms with Gasteiger partial charge in [-0.3, -0.25) is 9.69 Å². The fourth-order valence-corrected chi connectivity index (χ4v) is 5.67. The summed E-state index contributed by atoms with van der Waals surface area (Å²) in [6, 6.07) is 10.5. The molecular formula is C19H25NO2. The van der Waals surface area contributed by atoms with Crippen molar-refractivity contribution < 1.29 is 9.90 Å². The molecule has 0 aromatic heterocycles. The molecule has 1 aromatic carbocycles. The molecule has 1 aromatic rings. The predicted octanol–water partition coefficient (Wildman–Crippen LogP) is 3.54. The maximum Gasteiger partial charge on any atom is 0.308 e. The average Bonchev–Trinajstić information content (AvgIpc) is 3.14. The van der Waals surface area contributed by atoms with Crippen molar-refractivity contribution in [1.29, 1.82) is 0 Å². The number of hydrogen-bond donors (Lipinski definition) is 1. The summed E-state index contributed by atoms with van der Waals surface area (Å²) in [6.45, 7) is 2.60. The van der Waals surface area contributed by atoms with E-state index in [2.05, 4.69) is 29.2 Å². The lowest BCUT2D eigenvalue weighted by Gasteiger charge is -2.58. The van der Waals surface area contributed by atoms with Crippen molar-refractivity contribution in [2.75, 3.05) is 13.1 Å². The Morgan fingerprint density at radius 3 is 2.45 bits per heavy atom. The summed E-state index contributed by atoms with van der Waals surface area (Å²) >= 11 is 0. The van der Waals surface area contributed by atoms with Crippen molar-refractivity contribution in [3.63, 3.8) is 0 Å². The predicted molar refractivity (Wildman–Crippen MR) is 85.4 cm³/mol. The summed E-state index contributed by atoms with van der Waals surface area (Å²) in [6.07, 6.45) is 7.50. The van der Waals surface area contributed by atoms with E-state index in [4.69, 9.17) is 0 Å². The number of carbonyl (C=O) groups is 1. The molecule has 3 heteroatoms. The molecule has 2 saturated carbocycles. The standard InChI is InChI=1S/C19H25NO2/c21-17(22)16-13-20(12-15-6-2-1-3-7-15)14-19(16)11-10-18(19)8-4-5-9-18/h1-3,6-7,16H,4-5,8-14H2,(H,21,22). The lowest BCUT2D eigenvalue weighted by atomic mass is 9.45. The van der Waals surface area contributed by atoms with E-state index in [0.717, 1.165) is 26.1 Å². The summed E-state index contributed by atoms with van der Waals surface area (Å²) in [5.74, 6) is -0.732. The lowest BCUT2D eigenvalue weighted by molar-refractivity contribution is -0.160. The Bertz CT molecular complexity index is 564. The van der Waals surface area contributed by atoms with Crippen LogP contribution in [0.4, 0.5) is 0 Å². The van der Waals surface area contributed by atoms with E-state index in [0.29, 0.717) is 5.41 Å². The minimum absolute atomic E-state index is 0.0596. The third-order valence-corrected chi connectivity index (χ3v) is 6.83. The van der Waals surface area contributed by atoms with Gasteiger partial charge in [-0.15, -0.1) is 0 Å². The molecular weight excluding hydrogens is 274 g/mol. The summed E-state index contributed by atoms with van der Waals surface area (Å²) in [5, 5.41) is 9.81. The zero-order valence-electron chi connectivity index (χ0n) is 13.1. The normalized spacial score (nSPS) is 33.4. The monoisotopic (exact) mass is 299 g/mol. The van der Waals surface area contributed by atoms with Gasteiger partial charge in [0.15, 0.2) is 0 Å². The summed E-state index contributed by atoms with van der Waals surface area (Å²) in [7, 11) is 0. The lowest BCUT2D eigenvalue weighted by Crippen LogP contribution is -2.56. The van der Waals surface area contributed by atoms with E-state index < -0.39 is 5.97 Å². The van der Waals surface area contributed by atoms with E-state index in [1.165, 1.54) is 37.7 Å². The first kappa shape index (κ1) is 14.3. The topological polar surface area (TPSA) is 40.5 Å². The highest BCUT2D eigenvalue weighted by atomic mass is 16.4. The van der Waals surface area contributed by atoms with Gasteiger partial charge in [0, 0.05) is 25.0 Å². The number of rotatable bonds is 3. The number of benzene rings is 1. The van der Waals surface area contributed by atoms with Crippen LogP contribution in [0.5, 0.6) is 0 Å². The zero-order chi connectivity index (χ0) is 15.2. The third kappa shape index (κ3) is 1.95. The number of aliphatic carboxylic acids is 1. The number of likely N-dealkylation sites (tertiary alicyclic amines) is 1. The number of fused-ring (bicyclic) bond motifs is 1. The van der Waals surface area contributed by atoms with Crippen LogP contribution >= 0.6 is 0 Å². The van der Waals surface area contributed by atoms with Crippen LogP contribution in [0, 0.1) is 16.7 Å². The molecule has 2 atom stereocenters. The summed E-state index contributed by atoms with van der Waals surface area (Å²) < 4.78 is 0. The molecule has 0 radical (unpaired) electrons. The first-order valence-electron chi connectivity index (χ1n) is 8.64. The molecule has 2 unspecified atom stereocenters. The van der Waals surface area contributed by atoms with Crippen LogP contribution in [0.15, 0.2) is 30.3 Å². The van der Waals surface area contributed by atoms with Gasteiger partial charge in [-0.2, -0.15) is 0 Å². The number of carboxylic acids is 1. The third-order valence-electron chi connectivity index (χ3n) is 6.83. The molecule has 0 bridgehead atoms. The molecule has 1 N–H and O–H groups in total. The van der Waals surface area contributed by atoms with Gasteiger partial charge in [0.1, 0.15) is 0 Å². The van der Waals surface area contributed by atoms with Crippen molar-refractivity contribution in [1.82, 2.24) is 4.90 Å². The summed E-state index contributed by atoms with van der Waals surface area (Å²) in [4.78, 5) is 14.3. The van der Waals surface area contributed by atoms with Gasteiger partial charge in [-0.25, -0.2) is 0 Å². The van der Waals surface area contributed by atoms with Crippen LogP contribution in [0.3, 0.4) is 0 Å². The quantitative estimate of drug-likeness (QED) is 0.928. The second-order valence-electron chi connectivity index (χ2n) is 7.69. The summed E-state index contributed by atoms with van der Waals surface area (Å²) in [5.41, 5.74) is 1.70. The van der Waals surface area contributed by atoms with Gasteiger partial charge < -0.3 is 5.11 Å². The largest absolute Gasteiger partial charge is 0.481 e. The maximum atomic E-state index is 11.9. The minimum atomic E-state index is -0.568. The Labute approximate surface area is 132 Å². The second kappa shape index (κ2) is 5.09. The van der Waals surface area contributed by atoms with Crippen LogP contribution in [-0.4, -0.2) is 29.1 Å². The van der Waals surface area contributed by atoms with Crippen molar-refractivity contribution in [2.24, 2.45) is 16.7 Å². The molecule has 1 aliphatic heterocycles. The van der Waals surface area contributed by atoms with E-state index >= 15 is 0 Å². The number of hydrogen-bond acceptors (Lipinski definition) is 2. The van der Waals surface area contributed by atoms with Crippen molar-refractivity contribution >= 4 is 5.97 Å². The fourth-order valence-electron chi connectivity index (χ4n) is 5.67. The molecule has 118 valence electrons. The van der Waals surface area contributed by atoms with Gasteiger partial charge in [0.05, 0.1) is 5.92 Å². The molecule has 3 nitrogen and oxygen atoms in total. The van der Waals surface area contributed by atoms with E-state index in [1.807, 2.05) is 6.07 Å². The zero-order valence-corrected chi connectivity index (χ0v) is 13.1. The highest BCUT2D eigenvalue weighted by molar-refractivity contribution is 5.72. The van der Waals surface area contributed by atoms with Crippen molar-refractivity contribution in [3.8, 4) is 0 Å². The molecule has 4 rings (SSSR count). The first-order chi connectivity index (χ1) is 10.7. The molecule has 1 saturated heterocycles. The Morgan fingerprint density at radius 2 is 1.86 bits per heavy atom. The van der Waals surface area contributed by atoms with Gasteiger partial charge in [-0.05, 0) is 36.7 Å². The molecule has 22 heavy (non-hydrogen) atoms. The smallest absolute Gasteiger partial charge is 0.308 e. The number of nitrogens with zero attached hydrogens (tertiary/aromatic N) is 1. The molecule has 2 aliphatic carbocycles. The Balaban J connectivity index is 1.58. The molecule has 3 fully saturated rings. The molecule has 3 aliphatic rings. The van der Waals surface area contributed by atoms with Crippen LogP contribution in [0.2, 0.25) is 0 Å². The highest BCUT2D eigenvalue weighted by Gasteiger charge is 2.67. The van der Waals surface area contributed by atoms with Gasteiger partial charge in [0.2, 0.25) is 0 Å². The van der Waals surface area contributed by atoms with Gasteiger partial charge >= 0.3 is 5.97 Å². The van der Waals surface area contributed by atoms with Crippen molar-refractivity contribution in [2.45, 2.75) is 45.1 Å². The molecule has 1 heterocycles. The van der Waals surface area contributed by atoms with E-state index in [-0.39, 0.29) is 11.3 Å². The highest BCUT2D eigenvalue weighted by Crippen LogP contribution is 2.69. The second-order valence-corrected chi connectivity index (χ2v) is 7.69. The molecule has 2 spiro atoms. The Kier molecular flexibility index (Phi) is 3.30. The van der Waals surface area contributed by atoms with Gasteiger partial charge in [-0.1, -0.05) is 43.2 Å². The Hall–Kier alpha value is -1.35. The fraction of sp³-hybridized carbons (Fsp3) is 0.632. The van der Waals surface area contributed by atoms with Gasteiger partial charge in [0.25, 0.3) is 0 Å². The SMILES string of the molecule is O=C(O)C1CN(Cc2ccccc2)CC12CCC21CCCC1. The van der Waals surface area contributed by atoms with E-state index in [1.54, 1.807) is 0 Å². The first-order valence-corrected chi connectivity index (χ1v) is 8.64. The Morgan fingerprint density at radius 1 is 1.14 bits per heavy atom. The van der Waals surface area contributed by atoms with Crippen LogP contribution in [0.25, 0.3) is 0 Å². The van der Waals surface area contributed by atoms with Crippen LogP contribution in [0.1, 0.15) is 44.1 Å². The minimum Gasteiger partial charge on any atom is -0.481 e. The van der Waals surface area contributed by atoms with Crippen LogP contribution in [-0.2, 0) is 11.3 Å².